The lowest BCUT2D eigenvalue weighted by atomic mass is 10.2. The smallest absolute Gasteiger partial charge is 0.343 e. The quantitative estimate of drug-likeness (QED) is 0.326. The van der Waals surface area contributed by atoms with Crippen molar-refractivity contribution in [3.05, 3.63) is 94.7 Å². The molecule has 7 nitrogen and oxygen atoms in total. The van der Waals surface area contributed by atoms with Gasteiger partial charge in [0.1, 0.15) is 22.2 Å². The van der Waals surface area contributed by atoms with E-state index >= 15 is 0 Å². The summed E-state index contributed by atoms with van der Waals surface area (Å²) < 4.78 is 10.5. The van der Waals surface area contributed by atoms with Crippen LogP contribution in [0, 0.1) is 6.92 Å². The minimum absolute atomic E-state index is 0.0560. The zero-order valence-corrected chi connectivity index (χ0v) is 18.6. The Labute approximate surface area is 195 Å². The Morgan fingerprint density at radius 3 is 2.27 bits per heavy atom. The number of imide groups is 1. The number of ether oxygens (including phenoxy) is 2. The molecule has 4 rings (SSSR count). The summed E-state index contributed by atoms with van der Waals surface area (Å²) >= 11 is 6.17. The van der Waals surface area contributed by atoms with Gasteiger partial charge in [0, 0.05) is 11.8 Å². The SMILES string of the molecule is COc1cccc(N2C(=O)C(Cl)=C(Nc3ccc(C(=O)Oc4ccc(C)cc4)cc3)C2=O)c1. The van der Waals surface area contributed by atoms with Gasteiger partial charge in [-0.15, -0.1) is 0 Å². The summed E-state index contributed by atoms with van der Waals surface area (Å²) in [7, 11) is 1.49. The molecule has 0 unspecified atom stereocenters. The molecule has 0 fully saturated rings. The lowest BCUT2D eigenvalue weighted by molar-refractivity contribution is -0.120. The Morgan fingerprint density at radius 1 is 0.909 bits per heavy atom. The summed E-state index contributed by atoms with van der Waals surface area (Å²) in [5, 5.41) is 2.64. The summed E-state index contributed by atoms with van der Waals surface area (Å²) in [6.07, 6.45) is 0. The first-order chi connectivity index (χ1) is 15.9. The fraction of sp³-hybridized carbons (Fsp3) is 0.0800. The van der Waals surface area contributed by atoms with Gasteiger partial charge in [-0.2, -0.15) is 0 Å². The van der Waals surface area contributed by atoms with Gasteiger partial charge in [-0.05, 0) is 55.5 Å². The van der Waals surface area contributed by atoms with Crippen LogP contribution in [0.2, 0.25) is 0 Å². The van der Waals surface area contributed by atoms with Crippen LogP contribution < -0.4 is 19.7 Å². The minimum Gasteiger partial charge on any atom is -0.497 e. The van der Waals surface area contributed by atoms with Gasteiger partial charge in [-0.25, -0.2) is 9.69 Å². The van der Waals surface area contributed by atoms with E-state index in [0.29, 0.717) is 28.4 Å². The number of nitrogens with zero attached hydrogens (tertiary/aromatic N) is 1. The monoisotopic (exact) mass is 462 g/mol. The maximum Gasteiger partial charge on any atom is 0.343 e. The summed E-state index contributed by atoms with van der Waals surface area (Å²) in [6, 6.07) is 20.0. The van der Waals surface area contributed by atoms with Crippen LogP contribution in [0.15, 0.2) is 83.5 Å². The predicted molar refractivity (Wildman–Crippen MR) is 125 cm³/mol. The molecule has 0 aliphatic carbocycles. The van der Waals surface area contributed by atoms with E-state index in [4.69, 9.17) is 21.1 Å². The lowest BCUT2D eigenvalue weighted by Crippen LogP contribution is -2.32. The zero-order chi connectivity index (χ0) is 23.5. The number of carbonyl (C=O) groups is 3. The third kappa shape index (κ3) is 4.58. The molecule has 3 aromatic rings. The van der Waals surface area contributed by atoms with Crippen molar-refractivity contribution in [2.45, 2.75) is 6.92 Å². The van der Waals surface area contributed by atoms with Crippen molar-refractivity contribution < 1.29 is 23.9 Å². The number of amides is 2. The molecule has 8 heteroatoms. The summed E-state index contributed by atoms with van der Waals surface area (Å²) in [4.78, 5) is 38.9. The highest BCUT2D eigenvalue weighted by Gasteiger charge is 2.39. The molecule has 0 spiro atoms. The van der Waals surface area contributed by atoms with Crippen LogP contribution in [0.1, 0.15) is 15.9 Å². The van der Waals surface area contributed by atoms with Gasteiger partial charge in [0.2, 0.25) is 0 Å². The molecule has 0 atom stereocenters. The van der Waals surface area contributed by atoms with Crippen molar-refractivity contribution in [2.24, 2.45) is 0 Å². The van der Waals surface area contributed by atoms with Crippen LogP contribution in [0.25, 0.3) is 0 Å². The normalized spacial score (nSPS) is 13.4. The van der Waals surface area contributed by atoms with Gasteiger partial charge < -0.3 is 14.8 Å². The Balaban J connectivity index is 1.48. The summed E-state index contributed by atoms with van der Waals surface area (Å²) in [5.41, 5.74) is 2.15. The molecule has 2 amide bonds. The zero-order valence-electron chi connectivity index (χ0n) is 17.8. The first kappa shape index (κ1) is 22.1. The molecule has 166 valence electrons. The third-order valence-electron chi connectivity index (χ3n) is 4.96. The fourth-order valence-corrected chi connectivity index (χ4v) is 3.41. The van der Waals surface area contributed by atoms with Gasteiger partial charge in [-0.3, -0.25) is 9.59 Å². The number of benzene rings is 3. The Bertz CT molecular complexity index is 1270. The molecular weight excluding hydrogens is 444 g/mol. The van der Waals surface area contributed by atoms with E-state index in [1.807, 2.05) is 19.1 Å². The average Bonchev–Trinajstić information content (AvgIpc) is 3.04. The number of rotatable bonds is 6. The first-order valence-corrected chi connectivity index (χ1v) is 10.3. The number of methoxy groups -OCH3 is 1. The number of carbonyl (C=O) groups excluding carboxylic acids is 3. The van der Waals surface area contributed by atoms with Crippen molar-refractivity contribution in [2.75, 3.05) is 17.3 Å². The second-order valence-electron chi connectivity index (χ2n) is 7.24. The molecule has 0 bridgehead atoms. The highest BCUT2D eigenvalue weighted by Crippen LogP contribution is 2.31. The van der Waals surface area contributed by atoms with E-state index in [1.54, 1.807) is 60.7 Å². The molecule has 0 saturated heterocycles. The van der Waals surface area contributed by atoms with Crippen LogP contribution in [0.4, 0.5) is 11.4 Å². The number of halogens is 1. The van der Waals surface area contributed by atoms with E-state index in [-0.39, 0.29) is 10.7 Å². The molecule has 0 saturated carbocycles. The maximum absolute atomic E-state index is 12.9. The van der Waals surface area contributed by atoms with Crippen molar-refractivity contribution in [3.63, 3.8) is 0 Å². The number of nitrogens with one attached hydrogen (secondary N) is 1. The molecule has 1 aliphatic heterocycles. The number of hydrogen-bond donors (Lipinski definition) is 1. The first-order valence-electron chi connectivity index (χ1n) is 9.96. The van der Waals surface area contributed by atoms with E-state index in [2.05, 4.69) is 5.32 Å². The average molecular weight is 463 g/mol. The third-order valence-corrected chi connectivity index (χ3v) is 5.31. The van der Waals surface area contributed by atoms with E-state index < -0.39 is 17.8 Å². The van der Waals surface area contributed by atoms with Crippen LogP contribution in [0.5, 0.6) is 11.5 Å². The van der Waals surface area contributed by atoms with Crippen molar-refractivity contribution in [3.8, 4) is 11.5 Å². The van der Waals surface area contributed by atoms with Crippen molar-refractivity contribution in [1.82, 2.24) is 0 Å². The van der Waals surface area contributed by atoms with E-state index in [1.165, 1.54) is 7.11 Å². The second-order valence-corrected chi connectivity index (χ2v) is 7.62. The molecule has 0 radical (unpaired) electrons. The number of esters is 1. The molecular formula is C25H19ClN2O5. The van der Waals surface area contributed by atoms with Crippen LogP contribution in [-0.4, -0.2) is 24.9 Å². The minimum atomic E-state index is -0.643. The second kappa shape index (κ2) is 9.18. The Kier molecular flexibility index (Phi) is 6.15. The fourth-order valence-electron chi connectivity index (χ4n) is 3.20. The topological polar surface area (TPSA) is 84.9 Å². The van der Waals surface area contributed by atoms with Crippen molar-refractivity contribution in [1.29, 1.82) is 0 Å². The Morgan fingerprint density at radius 2 is 1.61 bits per heavy atom. The largest absolute Gasteiger partial charge is 0.497 e. The Hall–Kier alpha value is -4.10. The van der Waals surface area contributed by atoms with Crippen LogP contribution in [0.3, 0.4) is 0 Å². The highest BCUT2D eigenvalue weighted by molar-refractivity contribution is 6.53. The molecule has 3 aromatic carbocycles. The highest BCUT2D eigenvalue weighted by atomic mass is 35.5. The van der Waals surface area contributed by atoms with Crippen LogP contribution in [-0.2, 0) is 9.59 Å². The maximum atomic E-state index is 12.9. The number of anilines is 2. The standard InChI is InChI=1S/C25H19ClN2O5/c1-15-6-12-19(13-7-15)33-25(31)16-8-10-17(11-9-16)27-22-21(26)23(29)28(24(22)30)18-4-3-5-20(14-18)32-2/h3-14,27H,1-2H3. The van der Waals surface area contributed by atoms with Crippen molar-refractivity contribution >= 4 is 40.8 Å². The lowest BCUT2D eigenvalue weighted by Gasteiger charge is -2.16. The van der Waals surface area contributed by atoms with Gasteiger partial charge in [0.05, 0.1) is 18.4 Å². The van der Waals surface area contributed by atoms with Gasteiger partial charge >= 0.3 is 5.97 Å². The summed E-state index contributed by atoms with van der Waals surface area (Å²) in [5.74, 6) is -0.813. The van der Waals surface area contributed by atoms with Crippen LogP contribution >= 0.6 is 11.6 Å². The van der Waals surface area contributed by atoms with Gasteiger partial charge in [0.15, 0.2) is 0 Å². The van der Waals surface area contributed by atoms with Gasteiger partial charge in [-0.1, -0.05) is 35.4 Å². The van der Waals surface area contributed by atoms with E-state index in [9.17, 15) is 14.4 Å². The molecule has 1 aliphatic rings. The van der Waals surface area contributed by atoms with E-state index in [0.717, 1.165) is 10.5 Å². The molecule has 33 heavy (non-hydrogen) atoms. The molecule has 1 heterocycles. The number of aryl methyl sites for hydroxylation is 1. The van der Waals surface area contributed by atoms with Gasteiger partial charge in [0.25, 0.3) is 11.8 Å². The number of hydrogen-bond acceptors (Lipinski definition) is 6. The molecule has 0 aromatic heterocycles. The summed E-state index contributed by atoms with van der Waals surface area (Å²) in [6.45, 7) is 1.94. The predicted octanol–water partition coefficient (Wildman–Crippen LogP) is 4.66. The molecule has 1 N–H and O–H groups in total.